The number of halogens is 3. The number of alkyl halides is 1. The summed E-state index contributed by atoms with van der Waals surface area (Å²) in [6, 6.07) is 11.7. The van der Waals surface area contributed by atoms with Crippen LogP contribution in [0.25, 0.3) is 0 Å². The van der Waals surface area contributed by atoms with Crippen molar-refractivity contribution in [1.29, 1.82) is 0 Å². The molecule has 1 unspecified atom stereocenters. The van der Waals surface area contributed by atoms with E-state index < -0.39 is 0 Å². The zero-order chi connectivity index (χ0) is 15.4. The van der Waals surface area contributed by atoms with E-state index in [-0.39, 0.29) is 4.83 Å². The van der Waals surface area contributed by atoms with Crippen LogP contribution in [0.15, 0.2) is 40.9 Å². The molecule has 0 fully saturated rings. The first-order valence-electron chi connectivity index (χ1n) is 6.35. The van der Waals surface area contributed by atoms with Crippen molar-refractivity contribution in [2.75, 3.05) is 14.2 Å². The third-order valence-corrected chi connectivity index (χ3v) is 4.79. The molecule has 2 aromatic rings. The van der Waals surface area contributed by atoms with Gasteiger partial charge in [0.1, 0.15) is 11.5 Å². The van der Waals surface area contributed by atoms with Crippen LogP contribution >= 0.6 is 43.5 Å². The molecular formula is C16H15Br2ClO2. The molecule has 2 rings (SSSR count). The van der Waals surface area contributed by atoms with E-state index in [9.17, 15) is 0 Å². The molecule has 0 aliphatic heterocycles. The van der Waals surface area contributed by atoms with E-state index in [1.165, 1.54) is 0 Å². The van der Waals surface area contributed by atoms with Crippen LogP contribution in [0.2, 0.25) is 5.02 Å². The monoisotopic (exact) mass is 432 g/mol. The van der Waals surface area contributed by atoms with Crippen molar-refractivity contribution in [2.24, 2.45) is 0 Å². The standard InChI is InChI=1S/C16H15Br2ClO2/c1-20-15-6-4-3-5-10(15)7-13(17)12-8-11(19)9-14(18)16(12)21-2/h3-6,8-9,13H,7H2,1-2H3. The molecule has 5 heteroatoms. The molecule has 2 nitrogen and oxygen atoms in total. The highest BCUT2D eigenvalue weighted by Gasteiger charge is 2.18. The summed E-state index contributed by atoms with van der Waals surface area (Å²) in [7, 11) is 3.33. The molecule has 0 spiro atoms. The summed E-state index contributed by atoms with van der Waals surface area (Å²) in [5.74, 6) is 1.66. The smallest absolute Gasteiger partial charge is 0.137 e. The number of hydrogen-bond acceptors (Lipinski definition) is 2. The number of para-hydroxylation sites is 1. The Kier molecular flexibility index (Phi) is 5.97. The second kappa shape index (κ2) is 7.52. The Labute approximate surface area is 146 Å². The molecule has 0 N–H and O–H groups in total. The Morgan fingerprint density at radius 2 is 1.86 bits per heavy atom. The molecule has 0 bridgehead atoms. The van der Waals surface area contributed by atoms with Gasteiger partial charge in [0.2, 0.25) is 0 Å². The molecule has 0 radical (unpaired) electrons. The molecule has 0 aromatic heterocycles. The van der Waals surface area contributed by atoms with Gasteiger partial charge in [-0.05, 0) is 46.1 Å². The minimum absolute atomic E-state index is 0.0683. The molecule has 0 amide bonds. The predicted octanol–water partition coefficient (Wildman–Crippen LogP) is 5.80. The van der Waals surface area contributed by atoms with Crippen LogP contribution in [-0.4, -0.2) is 14.2 Å². The van der Waals surface area contributed by atoms with Gasteiger partial charge in [0.15, 0.2) is 0 Å². The van der Waals surface area contributed by atoms with E-state index in [0.29, 0.717) is 5.02 Å². The summed E-state index contributed by atoms with van der Waals surface area (Å²) in [5.41, 5.74) is 2.13. The van der Waals surface area contributed by atoms with Crippen LogP contribution in [-0.2, 0) is 6.42 Å². The van der Waals surface area contributed by atoms with Crippen molar-refractivity contribution in [3.8, 4) is 11.5 Å². The van der Waals surface area contributed by atoms with Gasteiger partial charge in [-0.3, -0.25) is 0 Å². The first-order chi connectivity index (χ1) is 10.1. The van der Waals surface area contributed by atoms with Gasteiger partial charge in [-0.1, -0.05) is 45.7 Å². The SMILES string of the molecule is COc1ccccc1CC(Br)c1cc(Cl)cc(Br)c1OC. The molecule has 0 aliphatic rings. The van der Waals surface area contributed by atoms with Gasteiger partial charge in [-0.2, -0.15) is 0 Å². The average Bonchev–Trinajstić information content (AvgIpc) is 2.47. The van der Waals surface area contributed by atoms with Crippen LogP contribution in [0.5, 0.6) is 11.5 Å². The fourth-order valence-electron chi connectivity index (χ4n) is 2.20. The first-order valence-corrected chi connectivity index (χ1v) is 8.44. The fourth-order valence-corrected chi connectivity index (χ4v) is 3.89. The van der Waals surface area contributed by atoms with Crippen molar-refractivity contribution >= 4 is 43.5 Å². The number of hydrogen-bond donors (Lipinski definition) is 0. The van der Waals surface area contributed by atoms with Crippen LogP contribution < -0.4 is 9.47 Å². The van der Waals surface area contributed by atoms with E-state index in [1.807, 2.05) is 30.3 Å². The molecule has 112 valence electrons. The maximum atomic E-state index is 6.15. The van der Waals surface area contributed by atoms with Crippen LogP contribution in [0.1, 0.15) is 16.0 Å². The topological polar surface area (TPSA) is 18.5 Å². The van der Waals surface area contributed by atoms with Gasteiger partial charge in [-0.25, -0.2) is 0 Å². The van der Waals surface area contributed by atoms with Gasteiger partial charge >= 0.3 is 0 Å². The number of methoxy groups -OCH3 is 2. The number of ether oxygens (including phenoxy) is 2. The van der Waals surface area contributed by atoms with Gasteiger partial charge in [0.25, 0.3) is 0 Å². The van der Waals surface area contributed by atoms with E-state index in [1.54, 1.807) is 14.2 Å². The van der Waals surface area contributed by atoms with E-state index >= 15 is 0 Å². The van der Waals surface area contributed by atoms with Crippen molar-refractivity contribution < 1.29 is 9.47 Å². The largest absolute Gasteiger partial charge is 0.496 e. The quantitative estimate of drug-likeness (QED) is 0.554. The molecular weight excluding hydrogens is 419 g/mol. The lowest BCUT2D eigenvalue weighted by Crippen LogP contribution is -2.01. The molecule has 21 heavy (non-hydrogen) atoms. The summed E-state index contributed by atoms with van der Waals surface area (Å²) >= 11 is 13.4. The first kappa shape index (κ1) is 16.7. The molecule has 0 heterocycles. The third-order valence-electron chi connectivity index (χ3n) is 3.17. The van der Waals surface area contributed by atoms with Crippen molar-refractivity contribution in [2.45, 2.75) is 11.2 Å². The molecule has 0 aliphatic carbocycles. The maximum absolute atomic E-state index is 6.15. The maximum Gasteiger partial charge on any atom is 0.137 e. The van der Waals surface area contributed by atoms with Gasteiger partial charge in [0, 0.05) is 15.4 Å². The van der Waals surface area contributed by atoms with Gasteiger partial charge < -0.3 is 9.47 Å². The lowest BCUT2D eigenvalue weighted by Gasteiger charge is -2.17. The Bertz CT molecular complexity index is 632. The van der Waals surface area contributed by atoms with Crippen molar-refractivity contribution in [1.82, 2.24) is 0 Å². The predicted molar refractivity (Wildman–Crippen MR) is 94.1 cm³/mol. The van der Waals surface area contributed by atoms with Crippen molar-refractivity contribution in [3.05, 3.63) is 57.0 Å². The molecule has 2 aromatic carbocycles. The molecule has 1 atom stereocenters. The highest BCUT2D eigenvalue weighted by molar-refractivity contribution is 9.10. The molecule has 0 saturated carbocycles. The van der Waals surface area contributed by atoms with Gasteiger partial charge in [-0.15, -0.1) is 0 Å². The lowest BCUT2D eigenvalue weighted by molar-refractivity contribution is 0.404. The second-order valence-corrected chi connectivity index (χ2v) is 6.89. The van der Waals surface area contributed by atoms with Crippen LogP contribution in [0.3, 0.4) is 0 Å². The number of rotatable bonds is 5. The zero-order valence-electron chi connectivity index (χ0n) is 11.7. The van der Waals surface area contributed by atoms with E-state index in [4.69, 9.17) is 21.1 Å². The minimum atomic E-state index is 0.0683. The minimum Gasteiger partial charge on any atom is -0.496 e. The Hall–Kier alpha value is -0.710. The average molecular weight is 435 g/mol. The highest BCUT2D eigenvalue weighted by atomic mass is 79.9. The fraction of sp³-hybridized carbons (Fsp3) is 0.250. The second-order valence-electron chi connectivity index (χ2n) is 4.49. The summed E-state index contributed by atoms with van der Waals surface area (Å²) < 4.78 is 11.7. The number of benzene rings is 2. The Morgan fingerprint density at radius 1 is 1.14 bits per heavy atom. The summed E-state index contributed by atoms with van der Waals surface area (Å²) in [6.45, 7) is 0. The lowest BCUT2D eigenvalue weighted by atomic mass is 10.0. The van der Waals surface area contributed by atoms with Crippen molar-refractivity contribution in [3.63, 3.8) is 0 Å². The Morgan fingerprint density at radius 3 is 2.52 bits per heavy atom. The molecule has 0 saturated heterocycles. The summed E-state index contributed by atoms with van der Waals surface area (Å²) in [4.78, 5) is 0.0683. The van der Waals surface area contributed by atoms with E-state index in [2.05, 4.69) is 37.9 Å². The normalized spacial score (nSPS) is 12.0. The Balaban J connectivity index is 2.34. The van der Waals surface area contributed by atoms with Gasteiger partial charge in [0.05, 0.1) is 18.7 Å². The highest BCUT2D eigenvalue weighted by Crippen LogP contribution is 2.41. The van der Waals surface area contributed by atoms with Crippen LogP contribution in [0.4, 0.5) is 0 Å². The third kappa shape index (κ3) is 3.93. The summed E-state index contributed by atoms with van der Waals surface area (Å²) in [5, 5.41) is 0.669. The zero-order valence-corrected chi connectivity index (χ0v) is 15.6. The van der Waals surface area contributed by atoms with E-state index in [0.717, 1.165) is 33.5 Å². The van der Waals surface area contributed by atoms with Crippen LogP contribution in [0, 0.1) is 0 Å². The summed E-state index contributed by atoms with van der Waals surface area (Å²) in [6.07, 6.45) is 0.771.